The van der Waals surface area contributed by atoms with Gasteiger partial charge in [-0.2, -0.15) is 0 Å². The molecular formula is C21H31F2N3O2. The van der Waals surface area contributed by atoms with Crippen LogP contribution in [-0.4, -0.2) is 48.7 Å². The number of likely N-dealkylation sites (tertiary alicyclic amines) is 1. The molecule has 2 aliphatic heterocycles. The summed E-state index contributed by atoms with van der Waals surface area (Å²) in [6.07, 6.45) is 1.19. The van der Waals surface area contributed by atoms with Crippen LogP contribution in [0.3, 0.4) is 0 Å². The van der Waals surface area contributed by atoms with Gasteiger partial charge >= 0.3 is 6.09 Å². The van der Waals surface area contributed by atoms with Gasteiger partial charge in [-0.15, -0.1) is 0 Å². The summed E-state index contributed by atoms with van der Waals surface area (Å²) in [5.41, 5.74) is 8.39. The second-order valence-electron chi connectivity index (χ2n) is 8.90. The number of anilines is 2. The maximum Gasteiger partial charge on any atom is 0.410 e. The van der Waals surface area contributed by atoms with E-state index in [1.807, 2.05) is 43.9 Å². The van der Waals surface area contributed by atoms with E-state index in [-0.39, 0.29) is 18.9 Å². The molecule has 0 radical (unpaired) electrons. The van der Waals surface area contributed by atoms with Gasteiger partial charge in [0.15, 0.2) is 0 Å². The Labute approximate surface area is 165 Å². The lowest BCUT2D eigenvalue weighted by atomic mass is 9.89. The molecule has 0 bridgehead atoms. The Morgan fingerprint density at radius 3 is 2.29 bits per heavy atom. The highest BCUT2D eigenvalue weighted by atomic mass is 19.3. The van der Waals surface area contributed by atoms with Crippen LogP contribution in [0.2, 0.25) is 0 Å². The number of nitrogens with zero attached hydrogens (tertiary/aromatic N) is 2. The van der Waals surface area contributed by atoms with Crippen molar-refractivity contribution in [3.8, 4) is 0 Å². The van der Waals surface area contributed by atoms with Crippen LogP contribution in [0.25, 0.3) is 0 Å². The molecule has 0 aliphatic carbocycles. The second-order valence-corrected chi connectivity index (χ2v) is 8.90. The minimum atomic E-state index is -2.56. The van der Waals surface area contributed by atoms with Gasteiger partial charge in [0.25, 0.3) is 5.92 Å². The molecule has 2 saturated heterocycles. The zero-order chi connectivity index (χ0) is 20.5. The van der Waals surface area contributed by atoms with Crippen molar-refractivity contribution in [2.24, 2.45) is 0 Å². The van der Waals surface area contributed by atoms with Crippen LogP contribution in [0.15, 0.2) is 18.2 Å². The number of nitrogens with two attached hydrogens (primary N) is 1. The van der Waals surface area contributed by atoms with E-state index in [9.17, 15) is 13.6 Å². The molecule has 1 aromatic rings. The van der Waals surface area contributed by atoms with E-state index < -0.39 is 11.5 Å². The number of carbonyl (C=O) groups is 1. The van der Waals surface area contributed by atoms with Crippen LogP contribution in [0.4, 0.5) is 25.0 Å². The molecule has 1 amide bonds. The number of amides is 1. The lowest BCUT2D eigenvalue weighted by molar-refractivity contribution is -0.0220. The smallest absolute Gasteiger partial charge is 0.410 e. The minimum Gasteiger partial charge on any atom is -0.444 e. The first-order valence-corrected chi connectivity index (χ1v) is 10.0. The third kappa shape index (κ3) is 5.06. The Balaban J connectivity index is 1.59. The van der Waals surface area contributed by atoms with E-state index in [1.165, 1.54) is 0 Å². The predicted molar refractivity (Wildman–Crippen MR) is 107 cm³/mol. The number of hydrogen-bond donors (Lipinski definition) is 1. The van der Waals surface area contributed by atoms with Crippen molar-refractivity contribution < 1.29 is 18.3 Å². The topological polar surface area (TPSA) is 58.8 Å². The summed E-state index contributed by atoms with van der Waals surface area (Å²) >= 11 is 0. The third-order valence-electron chi connectivity index (χ3n) is 5.51. The Morgan fingerprint density at radius 1 is 1.14 bits per heavy atom. The van der Waals surface area contributed by atoms with Gasteiger partial charge < -0.3 is 20.3 Å². The van der Waals surface area contributed by atoms with Crippen molar-refractivity contribution in [1.29, 1.82) is 0 Å². The number of halogens is 2. The molecule has 0 aromatic heterocycles. The quantitative estimate of drug-likeness (QED) is 0.743. The summed E-state index contributed by atoms with van der Waals surface area (Å²) in [5.74, 6) is -2.23. The molecule has 2 N–H and O–H groups in total. The molecule has 28 heavy (non-hydrogen) atoms. The molecule has 5 nitrogen and oxygen atoms in total. The van der Waals surface area contributed by atoms with E-state index in [4.69, 9.17) is 10.5 Å². The van der Waals surface area contributed by atoms with Crippen molar-refractivity contribution in [3.63, 3.8) is 0 Å². The second kappa shape index (κ2) is 7.76. The highest BCUT2D eigenvalue weighted by Gasteiger charge is 2.34. The molecule has 0 atom stereocenters. The fraction of sp³-hybridized carbons (Fsp3) is 0.667. The molecule has 2 heterocycles. The van der Waals surface area contributed by atoms with Gasteiger partial charge in [-0.3, -0.25) is 0 Å². The van der Waals surface area contributed by atoms with Crippen molar-refractivity contribution in [2.45, 2.75) is 63.9 Å². The van der Waals surface area contributed by atoms with Crippen LogP contribution >= 0.6 is 0 Å². The molecule has 0 unspecified atom stereocenters. The standard InChI is InChI=1S/C21H31F2N3O2/c1-20(2,3)28-19(27)26-10-6-15(7-11-26)16-4-5-18(17(24)14-16)25-12-8-21(22,23)9-13-25/h4-5,14-15H,6-13,24H2,1-3H3. The largest absolute Gasteiger partial charge is 0.444 e. The average Bonchev–Trinajstić information content (AvgIpc) is 2.61. The fourth-order valence-electron chi connectivity index (χ4n) is 3.91. The summed E-state index contributed by atoms with van der Waals surface area (Å²) in [4.78, 5) is 15.9. The Hall–Kier alpha value is -2.05. The van der Waals surface area contributed by atoms with Gasteiger partial charge in [-0.05, 0) is 57.2 Å². The van der Waals surface area contributed by atoms with E-state index in [0.29, 0.717) is 37.8 Å². The maximum absolute atomic E-state index is 13.4. The lowest BCUT2D eigenvalue weighted by Gasteiger charge is -2.35. The van der Waals surface area contributed by atoms with Gasteiger partial charge in [0.05, 0.1) is 11.4 Å². The molecule has 2 aliphatic rings. The first-order chi connectivity index (χ1) is 13.0. The summed E-state index contributed by atoms with van der Waals surface area (Å²) in [5, 5.41) is 0. The van der Waals surface area contributed by atoms with Crippen LogP contribution in [0.1, 0.15) is 57.9 Å². The van der Waals surface area contributed by atoms with Crippen LogP contribution in [0.5, 0.6) is 0 Å². The number of alkyl halides is 2. The van der Waals surface area contributed by atoms with Gasteiger partial charge in [-0.25, -0.2) is 13.6 Å². The lowest BCUT2D eigenvalue weighted by Crippen LogP contribution is -2.41. The molecule has 1 aromatic carbocycles. The molecule has 2 fully saturated rings. The highest BCUT2D eigenvalue weighted by Crippen LogP contribution is 2.36. The molecule has 0 spiro atoms. The number of benzene rings is 1. The number of ether oxygens (including phenoxy) is 1. The highest BCUT2D eigenvalue weighted by molar-refractivity contribution is 5.69. The summed E-state index contributed by atoms with van der Waals surface area (Å²) in [6, 6.07) is 5.97. The van der Waals surface area contributed by atoms with Crippen LogP contribution in [-0.2, 0) is 4.74 Å². The van der Waals surface area contributed by atoms with Gasteiger partial charge in [0, 0.05) is 39.0 Å². The van der Waals surface area contributed by atoms with Gasteiger partial charge in [0.1, 0.15) is 5.60 Å². The predicted octanol–water partition coefficient (Wildman–Crippen LogP) is 4.62. The summed E-state index contributed by atoms with van der Waals surface area (Å²) in [6.45, 7) is 7.56. The normalized spacial score (nSPS) is 20.9. The SMILES string of the molecule is CC(C)(C)OC(=O)N1CCC(c2ccc(N3CCC(F)(F)CC3)c(N)c2)CC1. The fourth-order valence-corrected chi connectivity index (χ4v) is 3.91. The van der Waals surface area contributed by atoms with Crippen LogP contribution < -0.4 is 10.6 Å². The van der Waals surface area contributed by atoms with Crippen molar-refractivity contribution in [3.05, 3.63) is 23.8 Å². The number of hydrogen-bond acceptors (Lipinski definition) is 4. The van der Waals surface area contributed by atoms with Crippen molar-refractivity contribution in [2.75, 3.05) is 36.8 Å². The minimum absolute atomic E-state index is 0.128. The zero-order valence-electron chi connectivity index (χ0n) is 17.0. The molecule has 7 heteroatoms. The number of carbonyl (C=O) groups excluding carboxylic acids is 1. The third-order valence-corrected chi connectivity index (χ3v) is 5.51. The van der Waals surface area contributed by atoms with Gasteiger partial charge in [-0.1, -0.05) is 6.07 Å². The zero-order valence-corrected chi connectivity index (χ0v) is 17.0. The molecule has 0 saturated carbocycles. The van der Waals surface area contributed by atoms with Crippen molar-refractivity contribution in [1.82, 2.24) is 4.90 Å². The van der Waals surface area contributed by atoms with E-state index in [0.717, 1.165) is 24.1 Å². The van der Waals surface area contributed by atoms with Crippen molar-refractivity contribution >= 4 is 17.5 Å². The van der Waals surface area contributed by atoms with E-state index in [1.54, 1.807) is 4.90 Å². The maximum atomic E-state index is 13.4. The number of nitrogen functional groups attached to an aromatic ring is 1. The first-order valence-electron chi connectivity index (χ1n) is 10.0. The monoisotopic (exact) mass is 395 g/mol. The van der Waals surface area contributed by atoms with E-state index in [2.05, 4.69) is 0 Å². The molecule has 3 rings (SSSR count). The van der Waals surface area contributed by atoms with E-state index >= 15 is 0 Å². The molecular weight excluding hydrogens is 364 g/mol. The Kier molecular flexibility index (Phi) is 5.73. The van der Waals surface area contributed by atoms with Gasteiger partial charge in [0.2, 0.25) is 0 Å². The summed E-state index contributed by atoms with van der Waals surface area (Å²) < 4.78 is 32.2. The first kappa shape index (κ1) is 20.7. The van der Waals surface area contributed by atoms with Crippen LogP contribution in [0, 0.1) is 0 Å². The Morgan fingerprint density at radius 2 is 1.75 bits per heavy atom. The summed E-state index contributed by atoms with van der Waals surface area (Å²) in [7, 11) is 0. The number of piperidine rings is 2. The number of rotatable bonds is 2. The molecule has 156 valence electrons. The average molecular weight is 395 g/mol. The Bertz CT molecular complexity index is 700.